The molecule has 0 atom stereocenters. The molecule has 2 aromatic heterocycles. The van der Waals surface area contributed by atoms with E-state index < -0.39 is 0 Å². The molecule has 0 saturated heterocycles. The highest BCUT2D eigenvalue weighted by Gasteiger charge is 2.12. The second-order valence-corrected chi connectivity index (χ2v) is 3.83. The third kappa shape index (κ3) is 1.44. The fourth-order valence-corrected chi connectivity index (χ4v) is 1.90. The first kappa shape index (κ1) is 9.77. The second kappa shape index (κ2) is 3.55. The lowest BCUT2D eigenvalue weighted by molar-refractivity contribution is 1.00. The van der Waals surface area contributed by atoms with E-state index in [1.165, 1.54) is 0 Å². The SMILES string of the molecule is Cc1nnc(-c2ccccc2)c2[nH][nH]c(=O)c12. The van der Waals surface area contributed by atoms with Crippen LogP contribution >= 0.6 is 0 Å². The van der Waals surface area contributed by atoms with E-state index in [4.69, 9.17) is 0 Å². The summed E-state index contributed by atoms with van der Waals surface area (Å²) < 4.78 is 0. The van der Waals surface area contributed by atoms with Crippen molar-refractivity contribution < 1.29 is 0 Å². The monoisotopic (exact) mass is 226 g/mol. The molecule has 5 nitrogen and oxygen atoms in total. The lowest BCUT2D eigenvalue weighted by Gasteiger charge is -2.01. The lowest BCUT2D eigenvalue weighted by atomic mass is 10.1. The van der Waals surface area contributed by atoms with E-state index in [2.05, 4.69) is 20.4 Å². The normalized spacial score (nSPS) is 10.9. The number of aryl methyl sites for hydroxylation is 1. The van der Waals surface area contributed by atoms with E-state index in [0.717, 1.165) is 5.56 Å². The minimum absolute atomic E-state index is 0.162. The van der Waals surface area contributed by atoms with Crippen molar-refractivity contribution in [1.82, 2.24) is 20.4 Å². The van der Waals surface area contributed by atoms with Crippen molar-refractivity contribution in [2.75, 3.05) is 0 Å². The number of hydrogen-bond donors (Lipinski definition) is 2. The summed E-state index contributed by atoms with van der Waals surface area (Å²) in [6, 6.07) is 9.65. The van der Waals surface area contributed by atoms with Gasteiger partial charge in [0.05, 0.1) is 16.6 Å². The van der Waals surface area contributed by atoms with Crippen LogP contribution in [-0.2, 0) is 0 Å². The van der Waals surface area contributed by atoms with Gasteiger partial charge in [0.25, 0.3) is 5.56 Å². The Morgan fingerprint density at radius 3 is 2.59 bits per heavy atom. The van der Waals surface area contributed by atoms with E-state index in [9.17, 15) is 4.79 Å². The van der Waals surface area contributed by atoms with Crippen LogP contribution in [0.2, 0.25) is 0 Å². The maximum absolute atomic E-state index is 11.6. The fourth-order valence-electron chi connectivity index (χ4n) is 1.90. The van der Waals surface area contributed by atoms with Gasteiger partial charge in [-0.2, -0.15) is 5.10 Å². The van der Waals surface area contributed by atoms with Gasteiger partial charge in [0.15, 0.2) is 0 Å². The Bertz CT molecular complexity index is 727. The van der Waals surface area contributed by atoms with Gasteiger partial charge in [-0.3, -0.25) is 15.0 Å². The molecule has 0 fully saturated rings. The molecule has 0 radical (unpaired) electrons. The van der Waals surface area contributed by atoms with E-state index in [0.29, 0.717) is 22.3 Å². The van der Waals surface area contributed by atoms with Gasteiger partial charge in [0.2, 0.25) is 0 Å². The number of nitrogens with one attached hydrogen (secondary N) is 2. The number of H-pyrrole nitrogens is 2. The predicted octanol–water partition coefficient (Wildman–Crippen LogP) is 1.62. The summed E-state index contributed by atoms with van der Waals surface area (Å²) >= 11 is 0. The third-order valence-electron chi connectivity index (χ3n) is 2.72. The van der Waals surface area contributed by atoms with Gasteiger partial charge in [0, 0.05) is 5.56 Å². The molecule has 0 aliphatic rings. The van der Waals surface area contributed by atoms with Crippen LogP contribution in [0.25, 0.3) is 22.2 Å². The van der Waals surface area contributed by atoms with Gasteiger partial charge in [-0.1, -0.05) is 30.3 Å². The quantitative estimate of drug-likeness (QED) is 0.662. The molecule has 0 saturated carbocycles. The van der Waals surface area contributed by atoms with Crippen LogP contribution in [0.4, 0.5) is 0 Å². The minimum atomic E-state index is -0.162. The molecule has 84 valence electrons. The zero-order valence-electron chi connectivity index (χ0n) is 9.19. The molecule has 0 amide bonds. The Morgan fingerprint density at radius 2 is 1.82 bits per heavy atom. The molecule has 5 heteroatoms. The van der Waals surface area contributed by atoms with Gasteiger partial charge in [-0.15, -0.1) is 5.10 Å². The summed E-state index contributed by atoms with van der Waals surface area (Å²) in [6.45, 7) is 1.77. The second-order valence-electron chi connectivity index (χ2n) is 3.83. The molecule has 0 unspecified atom stereocenters. The molecule has 0 aliphatic heterocycles. The van der Waals surface area contributed by atoms with Gasteiger partial charge < -0.3 is 0 Å². The van der Waals surface area contributed by atoms with Crippen molar-refractivity contribution in [2.45, 2.75) is 6.92 Å². The molecule has 0 bridgehead atoms. The van der Waals surface area contributed by atoms with Crippen molar-refractivity contribution >= 4 is 10.9 Å². The highest BCUT2D eigenvalue weighted by Crippen LogP contribution is 2.23. The Morgan fingerprint density at radius 1 is 1.06 bits per heavy atom. The lowest BCUT2D eigenvalue weighted by Crippen LogP contribution is -2.01. The summed E-state index contributed by atoms with van der Waals surface area (Å²) in [5.41, 5.74) is 2.78. The van der Waals surface area contributed by atoms with E-state index in [1.54, 1.807) is 6.92 Å². The summed E-state index contributed by atoms with van der Waals surface area (Å²) in [5, 5.41) is 14.2. The van der Waals surface area contributed by atoms with Crippen molar-refractivity contribution in [2.24, 2.45) is 0 Å². The van der Waals surface area contributed by atoms with Crippen LogP contribution in [0.3, 0.4) is 0 Å². The molecule has 0 aliphatic carbocycles. The van der Waals surface area contributed by atoms with Crippen LogP contribution in [0.5, 0.6) is 0 Å². The van der Waals surface area contributed by atoms with E-state index in [1.807, 2.05) is 30.3 Å². The highest BCUT2D eigenvalue weighted by atomic mass is 16.1. The summed E-state index contributed by atoms with van der Waals surface area (Å²) in [4.78, 5) is 11.6. The fraction of sp³-hybridized carbons (Fsp3) is 0.0833. The number of benzene rings is 1. The molecule has 2 N–H and O–H groups in total. The van der Waals surface area contributed by atoms with Gasteiger partial charge >= 0.3 is 0 Å². The molecule has 3 rings (SSSR count). The first-order chi connectivity index (χ1) is 8.27. The van der Waals surface area contributed by atoms with Crippen LogP contribution in [-0.4, -0.2) is 20.4 Å². The first-order valence-corrected chi connectivity index (χ1v) is 5.26. The Labute approximate surface area is 96.5 Å². The summed E-state index contributed by atoms with van der Waals surface area (Å²) in [6.07, 6.45) is 0. The van der Waals surface area contributed by atoms with Crippen molar-refractivity contribution in [1.29, 1.82) is 0 Å². The number of fused-ring (bicyclic) bond motifs is 1. The Hall–Kier alpha value is -2.43. The number of nitrogens with zero attached hydrogens (tertiary/aromatic N) is 2. The number of aromatic nitrogens is 4. The zero-order chi connectivity index (χ0) is 11.8. The van der Waals surface area contributed by atoms with Crippen molar-refractivity contribution in [3.63, 3.8) is 0 Å². The highest BCUT2D eigenvalue weighted by molar-refractivity contribution is 5.91. The Balaban J connectivity index is 2.40. The third-order valence-corrected chi connectivity index (χ3v) is 2.72. The van der Waals surface area contributed by atoms with Crippen molar-refractivity contribution in [3.8, 4) is 11.3 Å². The average molecular weight is 226 g/mol. The number of rotatable bonds is 1. The van der Waals surface area contributed by atoms with Crippen molar-refractivity contribution in [3.05, 3.63) is 46.4 Å². The maximum Gasteiger partial charge on any atom is 0.273 e. The van der Waals surface area contributed by atoms with Crippen LogP contribution < -0.4 is 5.56 Å². The van der Waals surface area contributed by atoms with Crippen LogP contribution in [0.15, 0.2) is 35.1 Å². The maximum atomic E-state index is 11.6. The minimum Gasteiger partial charge on any atom is -0.295 e. The van der Waals surface area contributed by atoms with Crippen LogP contribution in [0, 0.1) is 6.92 Å². The summed E-state index contributed by atoms with van der Waals surface area (Å²) in [5.74, 6) is 0. The van der Waals surface area contributed by atoms with Gasteiger partial charge in [0.1, 0.15) is 5.69 Å². The molecule has 1 aromatic carbocycles. The Kier molecular flexibility index (Phi) is 2.04. The molecule has 2 heterocycles. The zero-order valence-corrected chi connectivity index (χ0v) is 9.19. The molecule has 3 aromatic rings. The molecule has 17 heavy (non-hydrogen) atoms. The van der Waals surface area contributed by atoms with Crippen LogP contribution in [0.1, 0.15) is 5.69 Å². The number of aromatic amines is 2. The summed E-state index contributed by atoms with van der Waals surface area (Å²) in [7, 11) is 0. The average Bonchev–Trinajstić information content (AvgIpc) is 2.74. The molecular formula is C12H10N4O. The standard InChI is InChI=1S/C12H10N4O/c1-7-9-11(15-16-12(9)17)10(14-13-7)8-5-3-2-4-6-8/h2-6H,1H3,(H2,15,16,17). The smallest absolute Gasteiger partial charge is 0.273 e. The molecular weight excluding hydrogens is 216 g/mol. The molecule has 0 spiro atoms. The number of hydrogen-bond acceptors (Lipinski definition) is 3. The largest absolute Gasteiger partial charge is 0.295 e. The van der Waals surface area contributed by atoms with E-state index in [-0.39, 0.29) is 5.56 Å². The van der Waals surface area contributed by atoms with Gasteiger partial charge in [-0.25, -0.2) is 0 Å². The first-order valence-electron chi connectivity index (χ1n) is 5.26. The topological polar surface area (TPSA) is 74.4 Å². The van der Waals surface area contributed by atoms with E-state index >= 15 is 0 Å². The predicted molar refractivity (Wildman–Crippen MR) is 64.7 cm³/mol. The van der Waals surface area contributed by atoms with Gasteiger partial charge in [-0.05, 0) is 6.92 Å².